The van der Waals surface area contributed by atoms with E-state index in [1.165, 1.54) is 0 Å². The number of para-hydroxylation sites is 1. The summed E-state index contributed by atoms with van der Waals surface area (Å²) in [6.45, 7) is 2.96. The van der Waals surface area contributed by atoms with E-state index in [-0.39, 0.29) is 4.90 Å². The van der Waals surface area contributed by atoms with Crippen LogP contribution in [0.3, 0.4) is 0 Å². The van der Waals surface area contributed by atoms with E-state index in [0.717, 1.165) is 41.6 Å². The lowest BCUT2D eigenvalue weighted by atomic mass is 10.1. The van der Waals surface area contributed by atoms with E-state index in [4.69, 9.17) is 19.6 Å². The lowest BCUT2D eigenvalue weighted by molar-refractivity contribution is 0.347. The first-order valence-electron chi connectivity index (χ1n) is 12.9. The van der Waals surface area contributed by atoms with Crippen LogP contribution in [0.25, 0.3) is 16.9 Å². The number of ether oxygens (including phenoxy) is 2. The summed E-state index contributed by atoms with van der Waals surface area (Å²) in [6, 6.07) is 20.7. The fourth-order valence-corrected chi connectivity index (χ4v) is 6.46. The molecule has 1 fully saturated rings. The SMILES string of the molecule is COc1ccc(-c2nn(-c3ccccc3)cc2C=Nc2ccc(C)cc2S(=O)(=O)N2CCCCC2)cc1OC. The molecular weight excluding hydrogens is 512 g/mol. The van der Waals surface area contributed by atoms with Crippen molar-refractivity contribution in [1.82, 2.24) is 14.1 Å². The van der Waals surface area contributed by atoms with Crippen LogP contribution >= 0.6 is 0 Å². The second-order valence-electron chi connectivity index (χ2n) is 9.48. The number of hydrogen-bond acceptors (Lipinski definition) is 6. The molecule has 0 radical (unpaired) electrons. The number of sulfonamides is 1. The highest BCUT2D eigenvalue weighted by Gasteiger charge is 2.28. The first-order chi connectivity index (χ1) is 18.9. The molecule has 0 saturated carbocycles. The van der Waals surface area contributed by atoms with Crippen molar-refractivity contribution in [1.29, 1.82) is 0 Å². The van der Waals surface area contributed by atoms with Crippen molar-refractivity contribution in [3.05, 3.63) is 84.1 Å². The third-order valence-corrected chi connectivity index (χ3v) is 8.74. The maximum Gasteiger partial charge on any atom is 0.245 e. The number of aliphatic imine (C=N–C) groups is 1. The van der Waals surface area contributed by atoms with Crippen LogP contribution in [0.5, 0.6) is 11.5 Å². The molecule has 0 N–H and O–H groups in total. The fraction of sp³-hybridized carbons (Fsp3) is 0.267. The normalized spacial score (nSPS) is 14.5. The summed E-state index contributed by atoms with van der Waals surface area (Å²) in [5, 5.41) is 4.86. The molecule has 4 aromatic rings. The van der Waals surface area contributed by atoms with E-state index in [0.29, 0.717) is 36.0 Å². The second-order valence-corrected chi connectivity index (χ2v) is 11.4. The van der Waals surface area contributed by atoms with Gasteiger partial charge in [0.2, 0.25) is 10.0 Å². The minimum Gasteiger partial charge on any atom is -0.493 e. The largest absolute Gasteiger partial charge is 0.493 e. The van der Waals surface area contributed by atoms with Crippen molar-refractivity contribution in [3.8, 4) is 28.4 Å². The summed E-state index contributed by atoms with van der Waals surface area (Å²) in [5.74, 6) is 1.20. The van der Waals surface area contributed by atoms with Gasteiger partial charge in [-0.1, -0.05) is 30.7 Å². The summed E-state index contributed by atoms with van der Waals surface area (Å²) in [5.41, 5.74) is 4.38. The molecule has 0 aliphatic carbocycles. The molecule has 2 heterocycles. The Bertz CT molecular complexity index is 1590. The van der Waals surface area contributed by atoms with Gasteiger partial charge in [-0.05, 0) is 67.8 Å². The van der Waals surface area contributed by atoms with Crippen LogP contribution in [-0.4, -0.2) is 56.0 Å². The molecule has 8 nitrogen and oxygen atoms in total. The number of methoxy groups -OCH3 is 2. The molecule has 9 heteroatoms. The number of aromatic nitrogens is 2. The molecular formula is C30H32N4O4S. The summed E-state index contributed by atoms with van der Waals surface area (Å²) in [4.78, 5) is 4.93. The highest BCUT2D eigenvalue weighted by molar-refractivity contribution is 7.89. The van der Waals surface area contributed by atoms with Gasteiger partial charge in [-0.25, -0.2) is 13.1 Å². The van der Waals surface area contributed by atoms with Crippen molar-refractivity contribution in [2.45, 2.75) is 31.1 Å². The predicted molar refractivity (Wildman–Crippen MR) is 153 cm³/mol. The maximum atomic E-state index is 13.6. The van der Waals surface area contributed by atoms with E-state index in [9.17, 15) is 8.42 Å². The van der Waals surface area contributed by atoms with Crippen LogP contribution < -0.4 is 9.47 Å². The molecule has 5 rings (SSSR count). The Morgan fingerprint density at radius 1 is 0.897 bits per heavy atom. The predicted octanol–water partition coefficient (Wildman–Crippen LogP) is 5.79. The minimum absolute atomic E-state index is 0.226. The van der Waals surface area contributed by atoms with Gasteiger partial charge >= 0.3 is 0 Å². The molecule has 1 aromatic heterocycles. The monoisotopic (exact) mass is 544 g/mol. The summed E-state index contributed by atoms with van der Waals surface area (Å²) < 4.78 is 41.5. The standard InChI is InChI=1S/C30H32N4O4S/c1-22-12-14-26(29(18-22)39(35,36)33-16-8-5-9-17-33)31-20-24-21-34(25-10-6-4-7-11-25)32-30(24)23-13-15-27(37-2)28(19-23)38-3/h4,6-7,10-15,18-21H,5,8-9,16-17H2,1-3H3. The summed E-state index contributed by atoms with van der Waals surface area (Å²) in [6.07, 6.45) is 6.36. The van der Waals surface area contributed by atoms with Gasteiger partial charge in [0.25, 0.3) is 0 Å². The van der Waals surface area contributed by atoms with Gasteiger partial charge in [-0.3, -0.25) is 4.99 Å². The van der Waals surface area contributed by atoms with Crippen molar-refractivity contribution in [3.63, 3.8) is 0 Å². The number of benzene rings is 3. The van der Waals surface area contributed by atoms with Crippen molar-refractivity contribution >= 4 is 21.9 Å². The number of rotatable bonds is 8. The lowest BCUT2D eigenvalue weighted by Crippen LogP contribution is -2.35. The van der Waals surface area contributed by atoms with E-state index in [1.54, 1.807) is 41.6 Å². The first kappa shape index (κ1) is 26.6. The van der Waals surface area contributed by atoms with Gasteiger partial charge in [0, 0.05) is 36.6 Å². The molecule has 1 saturated heterocycles. The number of piperidine rings is 1. The average molecular weight is 545 g/mol. The number of nitrogens with zero attached hydrogens (tertiary/aromatic N) is 4. The molecule has 0 amide bonds. The van der Waals surface area contributed by atoms with Gasteiger partial charge in [0.15, 0.2) is 11.5 Å². The molecule has 0 bridgehead atoms. The second kappa shape index (κ2) is 11.4. The molecule has 0 spiro atoms. The molecule has 0 unspecified atom stereocenters. The van der Waals surface area contributed by atoms with Gasteiger partial charge in [0.05, 0.1) is 25.6 Å². The van der Waals surface area contributed by atoms with Crippen LogP contribution in [0.1, 0.15) is 30.4 Å². The Morgan fingerprint density at radius 3 is 2.36 bits per heavy atom. The molecule has 3 aromatic carbocycles. The zero-order valence-corrected chi connectivity index (χ0v) is 23.2. The van der Waals surface area contributed by atoms with E-state index in [2.05, 4.69) is 0 Å². The molecule has 39 heavy (non-hydrogen) atoms. The van der Waals surface area contributed by atoms with Crippen molar-refractivity contribution in [2.24, 2.45) is 4.99 Å². The van der Waals surface area contributed by atoms with Crippen LogP contribution in [0, 0.1) is 6.92 Å². The number of hydrogen-bond donors (Lipinski definition) is 0. The molecule has 202 valence electrons. The lowest BCUT2D eigenvalue weighted by Gasteiger charge is -2.26. The van der Waals surface area contributed by atoms with Gasteiger partial charge < -0.3 is 9.47 Å². The fourth-order valence-electron chi connectivity index (χ4n) is 4.72. The van der Waals surface area contributed by atoms with Crippen LogP contribution in [0.15, 0.2) is 82.8 Å². The first-order valence-corrected chi connectivity index (χ1v) is 14.4. The Labute approximate surface area is 229 Å². The molecule has 1 aliphatic rings. The maximum absolute atomic E-state index is 13.6. The third kappa shape index (κ3) is 5.60. The zero-order valence-electron chi connectivity index (χ0n) is 22.4. The summed E-state index contributed by atoms with van der Waals surface area (Å²) in [7, 11) is -0.482. The summed E-state index contributed by atoms with van der Waals surface area (Å²) >= 11 is 0. The molecule has 0 atom stereocenters. The smallest absolute Gasteiger partial charge is 0.245 e. The highest BCUT2D eigenvalue weighted by Crippen LogP contribution is 2.34. The van der Waals surface area contributed by atoms with Crippen molar-refractivity contribution in [2.75, 3.05) is 27.3 Å². The van der Waals surface area contributed by atoms with Gasteiger partial charge in [0.1, 0.15) is 10.6 Å². The quantitative estimate of drug-likeness (QED) is 0.262. The van der Waals surface area contributed by atoms with Crippen LogP contribution in [0.4, 0.5) is 5.69 Å². The highest BCUT2D eigenvalue weighted by atomic mass is 32.2. The zero-order chi connectivity index (χ0) is 27.4. The van der Waals surface area contributed by atoms with Crippen LogP contribution in [-0.2, 0) is 10.0 Å². The van der Waals surface area contributed by atoms with E-state index >= 15 is 0 Å². The van der Waals surface area contributed by atoms with Crippen molar-refractivity contribution < 1.29 is 17.9 Å². The molecule has 1 aliphatic heterocycles. The Balaban J connectivity index is 1.59. The van der Waals surface area contributed by atoms with Crippen LogP contribution in [0.2, 0.25) is 0 Å². The van der Waals surface area contributed by atoms with E-state index < -0.39 is 10.0 Å². The Hall–Kier alpha value is -3.95. The Morgan fingerprint density at radius 2 is 1.64 bits per heavy atom. The Kier molecular flexibility index (Phi) is 7.81. The van der Waals surface area contributed by atoms with Gasteiger partial charge in [-0.15, -0.1) is 0 Å². The third-order valence-electron chi connectivity index (χ3n) is 6.81. The minimum atomic E-state index is -3.67. The van der Waals surface area contributed by atoms with Gasteiger partial charge in [-0.2, -0.15) is 9.40 Å². The average Bonchev–Trinajstić information content (AvgIpc) is 3.41. The van der Waals surface area contributed by atoms with E-state index in [1.807, 2.05) is 67.7 Å². The number of aryl methyl sites for hydroxylation is 1. The topological polar surface area (TPSA) is 86.0 Å².